The summed E-state index contributed by atoms with van der Waals surface area (Å²) in [7, 11) is 0. The van der Waals surface area contributed by atoms with Crippen molar-refractivity contribution < 1.29 is 0 Å². The molecule has 2 N–H and O–H groups in total. The minimum atomic E-state index is 0.150. The van der Waals surface area contributed by atoms with Crippen molar-refractivity contribution in [2.45, 2.75) is 39.3 Å². The number of hydrogen-bond acceptors (Lipinski definition) is 1. The summed E-state index contributed by atoms with van der Waals surface area (Å²) in [5, 5.41) is 1.97. The van der Waals surface area contributed by atoms with E-state index in [2.05, 4.69) is 30.7 Å². The molecule has 3 heteroatoms. The number of nitrogens with zero attached hydrogens (tertiary/aromatic N) is 1. The highest BCUT2D eigenvalue weighted by Gasteiger charge is 2.13. The van der Waals surface area contributed by atoms with Crippen molar-refractivity contribution in [2.24, 2.45) is 5.73 Å². The van der Waals surface area contributed by atoms with Gasteiger partial charge < -0.3 is 10.3 Å². The van der Waals surface area contributed by atoms with Crippen molar-refractivity contribution in [2.75, 3.05) is 0 Å². The van der Waals surface area contributed by atoms with Gasteiger partial charge in [0, 0.05) is 23.7 Å². The minimum absolute atomic E-state index is 0.150. The van der Waals surface area contributed by atoms with Gasteiger partial charge in [0.2, 0.25) is 0 Å². The van der Waals surface area contributed by atoms with Gasteiger partial charge in [-0.15, -0.1) is 0 Å². The first kappa shape index (κ1) is 12.5. The van der Waals surface area contributed by atoms with Crippen molar-refractivity contribution in [3.05, 3.63) is 35.0 Å². The highest BCUT2D eigenvalue weighted by Crippen LogP contribution is 2.31. The van der Waals surface area contributed by atoms with E-state index in [1.807, 2.05) is 19.1 Å². The summed E-state index contributed by atoms with van der Waals surface area (Å²) in [6, 6.07) is 6.64. The first-order valence-electron chi connectivity index (χ1n) is 6.04. The zero-order valence-electron chi connectivity index (χ0n) is 10.6. The third kappa shape index (κ3) is 2.33. The van der Waals surface area contributed by atoms with E-state index in [0.29, 0.717) is 6.04 Å². The Morgan fingerprint density at radius 3 is 2.59 bits per heavy atom. The predicted octanol–water partition coefficient (Wildman–Crippen LogP) is 3.77. The largest absolute Gasteiger partial charge is 0.345 e. The molecular weight excluding hydrogens is 232 g/mol. The third-order valence-electron chi connectivity index (χ3n) is 2.98. The van der Waals surface area contributed by atoms with Crippen LogP contribution in [0.15, 0.2) is 24.4 Å². The van der Waals surface area contributed by atoms with E-state index in [0.717, 1.165) is 16.8 Å². The maximum atomic E-state index is 6.31. The fraction of sp³-hybridized carbons (Fsp3) is 0.429. The summed E-state index contributed by atoms with van der Waals surface area (Å²) < 4.78 is 2.26. The number of hydrogen-bond donors (Lipinski definition) is 1. The summed E-state index contributed by atoms with van der Waals surface area (Å²) in [6.45, 7) is 6.38. The molecule has 1 heterocycles. The average Bonchev–Trinajstić information content (AvgIpc) is 2.57. The van der Waals surface area contributed by atoms with Crippen LogP contribution in [0.4, 0.5) is 0 Å². The maximum Gasteiger partial charge on any atom is 0.0502 e. The van der Waals surface area contributed by atoms with Crippen molar-refractivity contribution in [1.29, 1.82) is 0 Å². The molecule has 0 saturated heterocycles. The molecule has 0 amide bonds. The second kappa shape index (κ2) is 4.71. The van der Waals surface area contributed by atoms with E-state index in [1.54, 1.807) is 0 Å². The number of halogens is 1. The van der Waals surface area contributed by atoms with Crippen molar-refractivity contribution in [3.63, 3.8) is 0 Å². The minimum Gasteiger partial charge on any atom is -0.345 e. The molecule has 1 aromatic carbocycles. The summed E-state index contributed by atoms with van der Waals surface area (Å²) >= 11 is 6.31. The highest BCUT2D eigenvalue weighted by atomic mass is 35.5. The zero-order chi connectivity index (χ0) is 12.6. The summed E-state index contributed by atoms with van der Waals surface area (Å²) in [5.41, 5.74) is 8.34. The summed E-state index contributed by atoms with van der Waals surface area (Å²) in [4.78, 5) is 0. The fourth-order valence-electron chi connectivity index (χ4n) is 2.28. The van der Waals surface area contributed by atoms with Crippen LogP contribution in [0, 0.1) is 0 Å². The van der Waals surface area contributed by atoms with E-state index in [9.17, 15) is 0 Å². The molecule has 0 fully saturated rings. The fourth-order valence-corrected chi connectivity index (χ4v) is 2.57. The molecule has 1 atom stereocenters. The van der Waals surface area contributed by atoms with Crippen LogP contribution in [0.3, 0.4) is 0 Å². The topological polar surface area (TPSA) is 30.9 Å². The zero-order valence-corrected chi connectivity index (χ0v) is 11.3. The number of benzene rings is 1. The van der Waals surface area contributed by atoms with Crippen LogP contribution in [0.2, 0.25) is 5.02 Å². The lowest BCUT2D eigenvalue weighted by Crippen LogP contribution is -2.17. The van der Waals surface area contributed by atoms with Gasteiger partial charge in [-0.05, 0) is 44.9 Å². The van der Waals surface area contributed by atoms with E-state index in [1.165, 1.54) is 11.1 Å². The predicted molar refractivity (Wildman–Crippen MR) is 74.7 cm³/mol. The molecule has 92 valence electrons. The molecule has 1 unspecified atom stereocenters. The molecule has 2 rings (SSSR count). The smallest absolute Gasteiger partial charge is 0.0502 e. The Hall–Kier alpha value is -0.990. The van der Waals surface area contributed by atoms with Gasteiger partial charge in [-0.3, -0.25) is 0 Å². The Balaban J connectivity index is 2.67. The Morgan fingerprint density at radius 1 is 1.29 bits per heavy atom. The monoisotopic (exact) mass is 250 g/mol. The van der Waals surface area contributed by atoms with Gasteiger partial charge in [0.05, 0.1) is 10.5 Å². The van der Waals surface area contributed by atoms with Crippen molar-refractivity contribution in [1.82, 2.24) is 4.57 Å². The molecule has 0 aliphatic heterocycles. The van der Waals surface area contributed by atoms with E-state index < -0.39 is 0 Å². The third-order valence-corrected chi connectivity index (χ3v) is 3.30. The standard InChI is InChI=1S/C14H19ClN2/c1-9(2)17-8-11(7-10(3)16)14-12(15)5-4-6-13(14)17/h4-6,8-10H,7,16H2,1-3H3. The molecule has 0 aliphatic rings. The van der Waals surface area contributed by atoms with Gasteiger partial charge in [0.15, 0.2) is 0 Å². The molecule has 17 heavy (non-hydrogen) atoms. The van der Waals surface area contributed by atoms with Crippen LogP contribution in [0.25, 0.3) is 10.9 Å². The van der Waals surface area contributed by atoms with Crippen LogP contribution in [-0.2, 0) is 6.42 Å². The van der Waals surface area contributed by atoms with Gasteiger partial charge in [-0.2, -0.15) is 0 Å². The molecule has 2 aromatic rings. The number of rotatable bonds is 3. The lowest BCUT2D eigenvalue weighted by atomic mass is 10.1. The van der Waals surface area contributed by atoms with Gasteiger partial charge in [-0.25, -0.2) is 0 Å². The van der Waals surface area contributed by atoms with Crippen LogP contribution >= 0.6 is 11.6 Å². The maximum absolute atomic E-state index is 6.31. The molecule has 0 aliphatic carbocycles. The second-order valence-electron chi connectivity index (χ2n) is 4.97. The van der Waals surface area contributed by atoms with Crippen LogP contribution in [-0.4, -0.2) is 10.6 Å². The van der Waals surface area contributed by atoms with Crippen LogP contribution in [0.1, 0.15) is 32.4 Å². The molecule has 2 nitrogen and oxygen atoms in total. The molecule has 0 bridgehead atoms. The van der Waals surface area contributed by atoms with E-state index >= 15 is 0 Å². The molecule has 1 aromatic heterocycles. The average molecular weight is 251 g/mol. The number of aromatic nitrogens is 1. The highest BCUT2D eigenvalue weighted by molar-refractivity contribution is 6.35. The van der Waals surface area contributed by atoms with Crippen LogP contribution in [0.5, 0.6) is 0 Å². The quantitative estimate of drug-likeness (QED) is 0.884. The van der Waals surface area contributed by atoms with Crippen molar-refractivity contribution in [3.8, 4) is 0 Å². The Labute approximate surface area is 107 Å². The molecule has 0 saturated carbocycles. The first-order chi connectivity index (χ1) is 8.00. The molecule has 0 radical (unpaired) electrons. The summed E-state index contributed by atoms with van der Waals surface area (Å²) in [5.74, 6) is 0. The number of fused-ring (bicyclic) bond motifs is 1. The molecule has 0 spiro atoms. The summed E-state index contributed by atoms with van der Waals surface area (Å²) in [6.07, 6.45) is 3.05. The first-order valence-corrected chi connectivity index (χ1v) is 6.42. The lowest BCUT2D eigenvalue weighted by molar-refractivity contribution is 0.618. The van der Waals surface area contributed by atoms with E-state index in [4.69, 9.17) is 17.3 Å². The Bertz CT molecular complexity index is 526. The van der Waals surface area contributed by atoms with Gasteiger partial charge in [-0.1, -0.05) is 17.7 Å². The normalized spacial score (nSPS) is 13.5. The van der Waals surface area contributed by atoms with Crippen molar-refractivity contribution >= 4 is 22.5 Å². The van der Waals surface area contributed by atoms with Gasteiger partial charge in [0.25, 0.3) is 0 Å². The van der Waals surface area contributed by atoms with Gasteiger partial charge in [0.1, 0.15) is 0 Å². The van der Waals surface area contributed by atoms with Crippen LogP contribution < -0.4 is 5.73 Å². The number of nitrogens with two attached hydrogens (primary N) is 1. The Kier molecular flexibility index (Phi) is 3.45. The van der Waals surface area contributed by atoms with E-state index in [-0.39, 0.29) is 6.04 Å². The lowest BCUT2D eigenvalue weighted by Gasteiger charge is -2.08. The van der Waals surface area contributed by atoms with Gasteiger partial charge >= 0.3 is 0 Å². The SMILES string of the molecule is CC(N)Cc1cn(C(C)C)c2cccc(Cl)c12. The molecular formula is C14H19ClN2. The second-order valence-corrected chi connectivity index (χ2v) is 5.38. The Morgan fingerprint density at radius 2 is 2.00 bits per heavy atom.